The lowest BCUT2D eigenvalue weighted by Gasteiger charge is -2.08. The Kier molecular flexibility index (Phi) is 2.77. The van der Waals surface area contributed by atoms with Crippen LogP contribution in [-0.2, 0) is 6.54 Å². The molecule has 0 aliphatic rings. The first-order valence-corrected chi connectivity index (χ1v) is 5.17. The number of nitrogen functional groups attached to an aromatic ring is 1. The number of rotatable bonds is 2. The van der Waals surface area contributed by atoms with Crippen LogP contribution >= 0.6 is 0 Å². The summed E-state index contributed by atoms with van der Waals surface area (Å²) in [6, 6.07) is 11.1. The molecule has 0 spiro atoms. The zero-order chi connectivity index (χ0) is 11.5. The number of aromatic nitrogens is 1. The summed E-state index contributed by atoms with van der Waals surface area (Å²) in [6.07, 6.45) is 1.68. The van der Waals surface area contributed by atoms with Crippen LogP contribution in [0, 0.1) is 6.92 Å². The molecule has 82 valence electrons. The topological polar surface area (TPSA) is 48.0 Å². The molecule has 1 aromatic carbocycles. The largest absolute Gasteiger partial charge is 0.398 e. The van der Waals surface area contributed by atoms with Crippen LogP contribution in [0.3, 0.4) is 0 Å². The van der Waals surface area contributed by atoms with Crippen molar-refractivity contribution in [1.29, 1.82) is 0 Å². The molecule has 2 N–H and O–H groups in total. The van der Waals surface area contributed by atoms with Crippen LogP contribution in [0.25, 0.3) is 0 Å². The maximum Gasteiger partial charge on any atom is 0.250 e. The van der Waals surface area contributed by atoms with E-state index in [0.29, 0.717) is 12.2 Å². The minimum atomic E-state index is -0.0301. The number of nitrogens with zero attached hydrogens (tertiary/aromatic N) is 1. The summed E-state index contributed by atoms with van der Waals surface area (Å²) in [5.74, 6) is 0. The highest BCUT2D eigenvalue weighted by molar-refractivity contribution is 5.34. The van der Waals surface area contributed by atoms with Crippen molar-refractivity contribution in [3.05, 3.63) is 64.1 Å². The normalized spacial score (nSPS) is 10.3. The number of anilines is 1. The maximum absolute atomic E-state index is 11.6. The second-order valence-corrected chi connectivity index (χ2v) is 3.86. The molecule has 1 heterocycles. The molecule has 0 unspecified atom stereocenters. The number of benzene rings is 1. The Morgan fingerprint density at radius 1 is 1.19 bits per heavy atom. The first-order valence-electron chi connectivity index (χ1n) is 5.17. The lowest BCUT2D eigenvalue weighted by Crippen LogP contribution is -2.19. The van der Waals surface area contributed by atoms with Crippen molar-refractivity contribution in [2.45, 2.75) is 13.5 Å². The molecule has 0 amide bonds. The molecule has 1 aromatic heterocycles. The van der Waals surface area contributed by atoms with Crippen molar-refractivity contribution in [3.63, 3.8) is 0 Å². The summed E-state index contributed by atoms with van der Waals surface area (Å²) in [5.41, 5.74) is 8.55. The molecule has 0 atom stereocenters. The van der Waals surface area contributed by atoms with Crippen LogP contribution in [0.2, 0.25) is 0 Å². The summed E-state index contributed by atoms with van der Waals surface area (Å²) < 4.78 is 1.62. The highest BCUT2D eigenvalue weighted by Gasteiger charge is 2.00. The molecule has 0 aliphatic carbocycles. The second-order valence-electron chi connectivity index (χ2n) is 3.86. The summed E-state index contributed by atoms with van der Waals surface area (Å²) in [7, 11) is 0. The van der Waals surface area contributed by atoms with E-state index >= 15 is 0 Å². The van der Waals surface area contributed by atoms with Crippen molar-refractivity contribution in [2.75, 3.05) is 5.73 Å². The van der Waals surface area contributed by atoms with Crippen molar-refractivity contribution in [2.24, 2.45) is 0 Å². The SMILES string of the molecule is Cc1ccccc1Cn1cc(N)ccc1=O. The third kappa shape index (κ3) is 2.14. The van der Waals surface area contributed by atoms with Gasteiger partial charge in [-0.15, -0.1) is 0 Å². The number of hydrogen-bond acceptors (Lipinski definition) is 2. The van der Waals surface area contributed by atoms with E-state index in [-0.39, 0.29) is 5.56 Å². The Hall–Kier alpha value is -2.03. The van der Waals surface area contributed by atoms with Crippen LogP contribution in [0.1, 0.15) is 11.1 Å². The van der Waals surface area contributed by atoms with Gasteiger partial charge in [-0.1, -0.05) is 24.3 Å². The highest BCUT2D eigenvalue weighted by Crippen LogP contribution is 2.08. The van der Waals surface area contributed by atoms with Crippen LogP contribution in [0.5, 0.6) is 0 Å². The molecule has 3 nitrogen and oxygen atoms in total. The molecule has 16 heavy (non-hydrogen) atoms. The number of aryl methyl sites for hydroxylation is 1. The number of nitrogens with two attached hydrogens (primary N) is 1. The average molecular weight is 214 g/mol. The minimum Gasteiger partial charge on any atom is -0.398 e. The Balaban J connectivity index is 2.38. The van der Waals surface area contributed by atoms with E-state index in [4.69, 9.17) is 5.73 Å². The standard InChI is InChI=1S/C13H14N2O/c1-10-4-2-3-5-11(10)8-15-9-12(14)6-7-13(15)16/h2-7,9H,8,14H2,1H3. The van der Waals surface area contributed by atoms with Crippen LogP contribution in [0.4, 0.5) is 5.69 Å². The third-order valence-corrected chi connectivity index (χ3v) is 2.61. The third-order valence-electron chi connectivity index (χ3n) is 2.61. The zero-order valence-corrected chi connectivity index (χ0v) is 9.18. The van der Waals surface area contributed by atoms with E-state index in [1.165, 1.54) is 11.6 Å². The van der Waals surface area contributed by atoms with E-state index < -0.39 is 0 Å². The van der Waals surface area contributed by atoms with Gasteiger partial charge in [0.25, 0.3) is 5.56 Å². The quantitative estimate of drug-likeness (QED) is 0.828. The van der Waals surface area contributed by atoms with E-state index in [1.807, 2.05) is 31.2 Å². The van der Waals surface area contributed by atoms with Gasteiger partial charge in [-0.3, -0.25) is 4.79 Å². The van der Waals surface area contributed by atoms with Gasteiger partial charge in [0, 0.05) is 18.0 Å². The minimum absolute atomic E-state index is 0.0301. The maximum atomic E-state index is 11.6. The fraction of sp³-hybridized carbons (Fsp3) is 0.154. The smallest absolute Gasteiger partial charge is 0.250 e. The van der Waals surface area contributed by atoms with Crippen molar-refractivity contribution in [1.82, 2.24) is 4.57 Å². The van der Waals surface area contributed by atoms with E-state index in [1.54, 1.807) is 16.8 Å². The monoisotopic (exact) mass is 214 g/mol. The molecular formula is C13H14N2O. The van der Waals surface area contributed by atoms with Gasteiger partial charge in [-0.05, 0) is 24.1 Å². The van der Waals surface area contributed by atoms with Gasteiger partial charge in [-0.2, -0.15) is 0 Å². The summed E-state index contributed by atoms with van der Waals surface area (Å²) >= 11 is 0. The molecule has 0 radical (unpaired) electrons. The zero-order valence-electron chi connectivity index (χ0n) is 9.18. The van der Waals surface area contributed by atoms with Gasteiger partial charge < -0.3 is 10.3 Å². The summed E-state index contributed by atoms with van der Waals surface area (Å²) in [5, 5.41) is 0. The van der Waals surface area contributed by atoms with Crippen molar-refractivity contribution in [3.8, 4) is 0 Å². The van der Waals surface area contributed by atoms with Crippen LogP contribution in [-0.4, -0.2) is 4.57 Å². The second kappa shape index (κ2) is 4.23. The van der Waals surface area contributed by atoms with Crippen LogP contribution < -0.4 is 11.3 Å². The fourth-order valence-corrected chi connectivity index (χ4v) is 1.64. The van der Waals surface area contributed by atoms with Crippen molar-refractivity contribution >= 4 is 5.69 Å². The van der Waals surface area contributed by atoms with E-state index in [0.717, 1.165) is 5.56 Å². The van der Waals surface area contributed by atoms with Crippen LogP contribution in [0.15, 0.2) is 47.4 Å². The Labute approximate surface area is 94.1 Å². The average Bonchev–Trinajstić information content (AvgIpc) is 2.27. The molecule has 0 saturated heterocycles. The van der Waals surface area contributed by atoms with Crippen molar-refractivity contribution < 1.29 is 0 Å². The van der Waals surface area contributed by atoms with E-state index in [2.05, 4.69) is 0 Å². The molecule has 0 fully saturated rings. The molecule has 0 aliphatic heterocycles. The van der Waals surface area contributed by atoms with Gasteiger partial charge >= 0.3 is 0 Å². The molecule has 2 aromatic rings. The first-order chi connectivity index (χ1) is 7.66. The highest BCUT2D eigenvalue weighted by atomic mass is 16.1. The lowest BCUT2D eigenvalue weighted by atomic mass is 10.1. The molecule has 2 rings (SSSR count). The lowest BCUT2D eigenvalue weighted by molar-refractivity contribution is 0.757. The van der Waals surface area contributed by atoms with Gasteiger partial charge in [0.15, 0.2) is 0 Å². The number of pyridine rings is 1. The van der Waals surface area contributed by atoms with Gasteiger partial charge in [0.2, 0.25) is 0 Å². The predicted molar refractivity (Wildman–Crippen MR) is 65.4 cm³/mol. The Bertz CT molecular complexity index is 558. The summed E-state index contributed by atoms with van der Waals surface area (Å²) in [6.45, 7) is 2.60. The number of hydrogen-bond donors (Lipinski definition) is 1. The fourth-order valence-electron chi connectivity index (χ4n) is 1.64. The van der Waals surface area contributed by atoms with E-state index in [9.17, 15) is 4.79 Å². The Morgan fingerprint density at radius 3 is 2.69 bits per heavy atom. The van der Waals surface area contributed by atoms with Gasteiger partial charge in [-0.25, -0.2) is 0 Å². The van der Waals surface area contributed by atoms with Gasteiger partial charge in [0.05, 0.1) is 6.54 Å². The summed E-state index contributed by atoms with van der Waals surface area (Å²) in [4.78, 5) is 11.6. The predicted octanol–water partition coefficient (Wildman–Crippen LogP) is 1.79. The molecule has 0 saturated carbocycles. The first kappa shape index (κ1) is 10.5. The molecular weight excluding hydrogens is 200 g/mol. The molecule has 0 bridgehead atoms. The Morgan fingerprint density at radius 2 is 1.94 bits per heavy atom. The molecule has 3 heteroatoms. The van der Waals surface area contributed by atoms with Gasteiger partial charge in [0.1, 0.15) is 0 Å².